The molecule has 2 heteroatoms. The number of hydrogen-bond donors (Lipinski definition) is 0. The number of rotatable bonds is 1. The van der Waals surface area contributed by atoms with E-state index in [4.69, 9.17) is 0 Å². The van der Waals surface area contributed by atoms with Gasteiger partial charge < -0.3 is 4.57 Å². The quantitative estimate of drug-likeness (QED) is 0.629. The molecular weight excluding hydrogens is 232 g/mol. The van der Waals surface area contributed by atoms with Crippen LogP contribution in [0.1, 0.15) is 26.3 Å². The average Bonchev–Trinajstić information content (AvgIpc) is 2.81. The summed E-state index contributed by atoms with van der Waals surface area (Å²) in [4.78, 5) is 4.07. The SMILES string of the molecule is CC(C)(C)c1ccc2c(ccn2-c2ccncc2)c1. The van der Waals surface area contributed by atoms with Gasteiger partial charge in [0.25, 0.3) is 0 Å². The van der Waals surface area contributed by atoms with Crippen molar-refractivity contribution in [2.45, 2.75) is 26.2 Å². The zero-order valence-corrected chi connectivity index (χ0v) is 11.6. The summed E-state index contributed by atoms with van der Waals surface area (Å²) in [5.74, 6) is 0. The molecule has 2 nitrogen and oxygen atoms in total. The second-order valence-electron chi connectivity index (χ2n) is 5.91. The molecule has 96 valence electrons. The summed E-state index contributed by atoms with van der Waals surface area (Å²) in [6, 6.07) is 12.9. The molecule has 0 saturated heterocycles. The Bertz CT molecular complexity index is 703. The Morgan fingerprint density at radius 3 is 2.37 bits per heavy atom. The summed E-state index contributed by atoms with van der Waals surface area (Å²) in [7, 11) is 0. The smallest absolute Gasteiger partial charge is 0.0528 e. The monoisotopic (exact) mass is 250 g/mol. The fourth-order valence-corrected chi connectivity index (χ4v) is 2.34. The van der Waals surface area contributed by atoms with Gasteiger partial charge in [0.1, 0.15) is 0 Å². The molecule has 0 aliphatic heterocycles. The molecule has 0 saturated carbocycles. The molecule has 0 N–H and O–H groups in total. The summed E-state index contributed by atoms with van der Waals surface area (Å²) in [6.45, 7) is 6.73. The van der Waals surface area contributed by atoms with Crippen LogP contribution in [0.4, 0.5) is 0 Å². The Morgan fingerprint density at radius 1 is 0.947 bits per heavy atom. The molecule has 0 fully saturated rings. The molecule has 0 unspecified atom stereocenters. The van der Waals surface area contributed by atoms with Crippen molar-refractivity contribution < 1.29 is 0 Å². The van der Waals surface area contributed by atoms with Gasteiger partial charge in [-0.2, -0.15) is 0 Å². The van der Waals surface area contributed by atoms with Crippen LogP contribution in [0.25, 0.3) is 16.6 Å². The third kappa shape index (κ3) is 2.14. The Morgan fingerprint density at radius 2 is 1.68 bits per heavy atom. The van der Waals surface area contributed by atoms with E-state index in [0.717, 1.165) is 5.69 Å². The first-order valence-corrected chi connectivity index (χ1v) is 6.58. The second kappa shape index (κ2) is 4.23. The first-order valence-electron chi connectivity index (χ1n) is 6.58. The Balaban J connectivity index is 2.16. The van der Waals surface area contributed by atoms with E-state index in [1.807, 2.05) is 24.5 Å². The molecule has 3 aromatic rings. The molecule has 0 amide bonds. The lowest BCUT2D eigenvalue weighted by Crippen LogP contribution is -2.10. The third-order valence-corrected chi connectivity index (χ3v) is 3.50. The molecule has 1 aromatic carbocycles. The van der Waals surface area contributed by atoms with Gasteiger partial charge in [0.15, 0.2) is 0 Å². The highest BCUT2D eigenvalue weighted by atomic mass is 15.0. The Hall–Kier alpha value is -2.09. The molecule has 19 heavy (non-hydrogen) atoms. The van der Waals surface area contributed by atoms with Gasteiger partial charge in [0.05, 0.1) is 5.52 Å². The van der Waals surface area contributed by atoms with Crippen LogP contribution in [0.15, 0.2) is 55.0 Å². The maximum Gasteiger partial charge on any atom is 0.0528 e. The standard InChI is InChI=1S/C17H18N2/c1-17(2,3)14-4-5-16-13(12-14)8-11-19(16)15-6-9-18-10-7-15/h4-12H,1-3H3. The largest absolute Gasteiger partial charge is 0.316 e. The first kappa shape index (κ1) is 12.0. The number of nitrogens with zero attached hydrogens (tertiary/aromatic N) is 2. The fraction of sp³-hybridized carbons (Fsp3) is 0.235. The lowest BCUT2D eigenvalue weighted by Gasteiger charge is -2.19. The van der Waals surface area contributed by atoms with Gasteiger partial charge in [-0.05, 0) is 41.3 Å². The lowest BCUT2D eigenvalue weighted by atomic mass is 9.86. The summed E-state index contributed by atoms with van der Waals surface area (Å²) >= 11 is 0. The van der Waals surface area contributed by atoms with E-state index >= 15 is 0 Å². The highest BCUT2D eigenvalue weighted by Crippen LogP contribution is 2.27. The van der Waals surface area contributed by atoms with Crippen LogP contribution in [0, 0.1) is 0 Å². The molecule has 0 atom stereocenters. The summed E-state index contributed by atoms with van der Waals surface area (Å²) < 4.78 is 2.20. The van der Waals surface area contributed by atoms with E-state index in [1.165, 1.54) is 16.5 Å². The number of pyridine rings is 1. The number of benzene rings is 1. The van der Waals surface area contributed by atoms with Crippen LogP contribution in [-0.2, 0) is 5.41 Å². The number of aromatic nitrogens is 2. The zero-order valence-electron chi connectivity index (χ0n) is 11.6. The van der Waals surface area contributed by atoms with Crippen molar-refractivity contribution in [1.29, 1.82) is 0 Å². The van der Waals surface area contributed by atoms with Crippen molar-refractivity contribution in [2.24, 2.45) is 0 Å². The molecule has 0 aliphatic carbocycles. The summed E-state index contributed by atoms with van der Waals surface area (Å²) in [6.07, 6.45) is 5.77. The van der Waals surface area contributed by atoms with Crippen molar-refractivity contribution in [1.82, 2.24) is 9.55 Å². The minimum absolute atomic E-state index is 0.187. The van der Waals surface area contributed by atoms with E-state index < -0.39 is 0 Å². The summed E-state index contributed by atoms with van der Waals surface area (Å²) in [5.41, 5.74) is 3.94. The molecule has 2 aromatic heterocycles. The van der Waals surface area contributed by atoms with E-state index in [0.29, 0.717) is 0 Å². The minimum Gasteiger partial charge on any atom is -0.316 e. The van der Waals surface area contributed by atoms with Crippen LogP contribution in [0.3, 0.4) is 0 Å². The van der Waals surface area contributed by atoms with Crippen LogP contribution < -0.4 is 0 Å². The van der Waals surface area contributed by atoms with Crippen molar-refractivity contribution in [3.8, 4) is 5.69 Å². The molecule has 0 aliphatic rings. The van der Waals surface area contributed by atoms with Crippen molar-refractivity contribution >= 4 is 10.9 Å². The van der Waals surface area contributed by atoms with E-state index in [9.17, 15) is 0 Å². The van der Waals surface area contributed by atoms with E-state index in [2.05, 4.69) is 60.8 Å². The third-order valence-electron chi connectivity index (χ3n) is 3.50. The van der Waals surface area contributed by atoms with Gasteiger partial charge in [-0.25, -0.2) is 0 Å². The van der Waals surface area contributed by atoms with Gasteiger partial charge in [-0.1, -0.05) is 26.8 Å². The molecule has 0 radical (unpaired) electrons. The molecule has 3 rings (SSSR count). The van der Waals surface area contributed by atoms with Crippen LogP contribution in [0.5, 0.6) is 0 Å². The fourth-order valence-electron chi connectivity index (χ4n) is 2.34. The predicted molar refractivity (Wildman–Crippen MR) is 79.8 cm³/mol. The van der Waals surface area contributed by atoms with Gasteiger partial charge in [-0.15, -0.1) is 0 Å². The van der Waals surface area contributed by atoms with Crippen molar-refractivity contribution in [2.75, 3.05) is 0 Å². The number of hydrogen-bond acceptors (Lipinski definition) is 1. The Kier molecular flexibility index (Phi) is 2.67. The maximum absolute atomic E-state index is 4.07. The van der Waals surface area contributed by atoms with E-state index in [1.54, 1.807) is 0 Å². The minimum atomic E-state index is 0.187. The zero-order chi connectivity index (χ0) is 13.5. The van der Waals surface area contributed by atoms with Gasteiger partial charge in [-0.3, -0.25) is 4.98 Å². The molecule has 2 heterocycles. The first-order chi connectivity index (χ1) is 9.05. The van der Waals surface area contributed by atoms with Crippen LogP contribution in [0.2, 0.25) is 0 Å². The molecule has 0 spiro atoms. The van der Waals surface area contributed by atoms with Gasteiger partial charge >= 0.3 is 0 Å². The van der Waals surface area contributed by atoms with Gasteiger partial charge in [0, 0.05) is 29.7 Å². The van der Waals surface area contributed by atoms with E-state index in [-0.39, 0.29) is 5.41 Å². The molecular formula is C17H18N2. The lowest BCUT2D eigenvalue weighted by molar-refractivity contribution is 0.591. The maximum atomic E-state index is 4.07. The Labute approximate surface area is 113 Å². The summed E-state index contributed by atoms with van der Waals surface area (Å²) in [5, 5.41) is 1.28. The van der Waals surface area contributed by atoms with Crippen molar-refractivity contribution in [3.63, 3.8) is 0 Å². The number of fused-ring (bicyclic) bond motifs is 1. The topological polar surface area (TPSA) is 17.8 Å². The van der Waals surface area contributed by atoms with Crippen LogP contribution >= 0.6 is 0 Å². The van der Waals surface area contributed by atoms with Gasteiger partial charge in [0.2, 0.25) is 0 Å². The normalized spacial score (nSPS) is 11.9. The van der Waals surface area contributed by atoms with Crippen LogP contribution in [-0.4, -0.2) is 9.55 Å². The highest BCUT2D eigenvalue weighted by Gasteiger charge is 2.14. The highest BCUT2D eigenvalue weighted by molar-refractivity contribution is 5.82. The molecule has 0 bridgehead atoms. The van der Waals surface area contributed by atoms with Crippen molar-refractivity contribution in [3.05, 3.63) is 60.6 Å². The predicted octanol–water partition coefficient (Wildman–Crippen LogP) is 4.32. The average molecular weight is 250 g/mol. The second-order valence-corrected chi connectivity index (χ2v) is 5.91.